The van der Waals surface area contributed by atoms with Gasteiger partial charge in [-0.25, -0.2) is 0 Å². The monoisotopic (exact) mass is 239 g/mol. The summed E-state index contributed by atoms with van der Waals surface area (Å²) < 4.78 is 0. The molecule has 2 nitrogen and oxygen atoms in total. The van der Waals surface area contributed by atoms with Gasteiger partial charge in [0, 0.05) is 19.6 Å². The molecule has 1 heterocycles. The first-order valence-electron chi connectivity index (χ1n) is 7.36. The molecule has 0 amide bonds. The molecule has 1 saturated heterocycles. The number of aliphatic hydroxyl groups is 1. The van der Waals surface area contributed by atoms with Crippen LogP contribution in [0.4, 0.5) is 0 Å². The molecule has 0 bridgehead atoms. The van der Waals surface area contributed by atoms with Gasteiger partial charge in [-0.3, -0.25) is 4.90 Å². The molecule has 1 saturated carbocycles. The summed E-state index contributed by atoms with van der Waals surface area (Å²) in [7, 11) is 0. The molecule has 0 radical (unpaired) electrons. The van der Waals surface area contributed by atoms with Crippen LogP contribution in [0.25, 0.3) is 0 Å². The molecule has 2 heteroatoms. The Labute approximate surface area is 106 Å². The summed E-state index contributed by atoms with van der Waals surface area (Å²) in [4.78, 5) is 2.47. The minimum absolute atomic E-state index is 0.496. The van der Waals surface area contributed by atoms with Crippen molar-refractivity contribution in [2.45, 2.75) is 64.9 Å². The van der Waals surface area contributed by atoms with Crippen LogP contribution in [-0.4, -0.2) is 35.2 Å². The fourth-order valence-electron chi connectivity index (χ4n) is 4.06. The van der Waals surface area contributed by atoms with Crippen molar-refractivity contribution in [3.05, 3.63) is 0 Å². The minimum atomic E-state index is -0.496. The number of hydrogen-bond donors (Lipinski definition) is 1. The molecule has 100 valence electrons. The standard InChI is InChI=1S/C15H29NO/c1-13(2)9-14(3,17)10-16-11-15(12-16)7-5-4-6-8-15/h13,17H,4-12H2,1-3H3. The Morgan fingerprint density at radius 1 is 1.18 bits per heavy atom. The van der Waals surface area contributed by atoms with E-state index in [-0.39, 0.29) is 0 Å². The lowest BCUT2D eigenvalue weighted by Gasteiger charge is -2.54. The third-order valence-corrected chi connectivity index (χ3v) is 4.44. The zero-order valence-corrected chi connectivity index (χ0v) is 11.8. The summed E-state index contributed by atoms with van der Waals surface area (Å²) in [5.74, 6) is 0.579. The predicted octanol–water partition coefficient (Wildman–Crippen LogP) is 3.05. The van der Waals surface area contributed by atoms with E-state index >= 15 is 0 Å². The van der Waals surface area contributed by atoms with Crippen LogP contribution in [-0.2, 0) is 0 Å². The minimum Gasteiger partial charge on any atom is -0.389 e. The van der Waals surface area contributed by atoms with Crippen LogP contribution in [0.15, 0.2) is 0 Å². The fraction of sp³-hybridized carbons (Fsp3) is 1.00. The molecule has 17 heavy (non-hydrogen) atoms. The molecule has 1 aliphatic carbocycles. The second-order valence-electron chi connectivity index (χ2n) is 7.30. The van der Waals surface area contributed by atoms with E-state index in [0.29, 0.717) is 11.3 Å². The lowest BCUT2D eigenvalue weighted by atomic mass is 9.68. The molecule has 1 unspecified atom stereocenters. The summed E-state index contributed by atoms with van der Waals surface area (Å²) in [5.41, 5.74) is 0.149. The summed E-state index contributed by atoms with van der Waals surface area (Å²) >= 11 is 0. The molecule has 1 N–H and O–H groups in total. The zero-order chi connectivity index (χ0) is 12.5. The van der Waals surface area contributed by atoms with Gasteiger partial charge in [0.2, 0.25) is 0 Å². The van der Waals surface area contributed by atoms with Gasteiger partial charge in [0.1, 0.15) is 0 Å². The van der Waals surface area contributed by atoms with Gasteiger partial charge >= 0.3 is 0 Å². The van der Waals surface area contributed by atoms with Gasteiger partial charge in [0.15, 0.2) is 0 Å². The Morgan fingerprint density at radius 2 is 1.76 bits per heavy atom. The van der Waals surface area contributed by atoms with E-state index in [1.54, 1.807) is 0 Å². The van der Waals surface area contributed by atoms with Gasteiger partial charge in [-0.1, -0.05) is 33.1 Å². The predicted molar refractivity (Wildman–Crippen MR) is 72.0 cm³/mol. The molecular weight excluding hydrogens is 210 g/mol. The molecule has 1 atom stereocenters. The molecule has 1 aliphatic heterocycles. The summed E-state index contributed by atoms with van der Waals surface area (Å²) in [5, 5.41) is 10.4. The van der Waals surface area contributed by atoms with Crippen molar-refractivity contribution >= 4 is 0 Å². The van der Waals surface area contributed by atoms with E-state index in [0.717, 1.165) is 13.0 Å². The van der Waals surface area contributed by atoms with Crippen LogP contribution in [0.3, 0.4) is 0 Å². The van der Waals surface area contributed by atoms with E-state index in [1.807, 2.05) is 6.92 Å². The summed E-state index contributed by atoms with van der Waals surface area (Å²) in [6.45, 7) is 9.72. The highest BCUT2D eigenvalue weighted by molar-refractivity contribution is 4.98. The maximum Gasteiger partial charge on any atom is 0.0748 e. The maximum atomic E-state index is 10.4. The van der Waals surface area contributed by atoms with Crippen molar-refractivity contribution in [3.8, 4) is 0 Å². The number of hydrogen-bond acceptors (Lipinski definition) is 2. The summed E-state index contributed by atoms with van der Waals surface area (Å²) in [6, 6.07) is 0. The molecule has 0 aromatic rings. The number of rotatable bonds is 4. The van der Waals surface area contributed by atoms with Crippen LogP contribution in [0.2, 0.25) is 0 Å². The number of likely N-dealkylation sites (tertiary alicyclic amines) is 1. The third kappa shape index (κ3) is 3.45. The van der Waals surface area contributed by atoms with Crippen LogP contribution < -0.4 is 0 Å². The smallest absolute Gasteiger partial charge is 0.0748 e. The topological polar surface area (TPSA) is 23.5 Å². The molecular formula is C15H29NO. The van der Waals surface area contributed by atoms with Gasteiger partial charge in [-0.15, -0.1) is 0 Å². The normalized spacial score (nSPS) is 28.1. The lowest BCUT2D eigenvalue weighted by Crippen LogP contribution is -2.60. The molecule has 2 aliphatic rings. The van der Waals surface area contributed by atoms with Crippen molar-refractivity contribution in [1.82, 2.24) is 4.90 Å². The van der Waals surface area contributed by atoms with Gasteiger partial charge in [0.25, 0.3) is 0 Å². The average molecular weight is 239 g/mol. The van der Waals surface area contributed by atoms with Gasteiger partial charge in [-0.2, -0.15) is 0 Å². The van der Waals surface area contributed by atoms with Crippen molar-refractivity contribution in [1.29, 1.82) is 0 Å². The first-order chi connectivity index (χ1) is 7.91. The Kier molecular flexibility index (Phi) is 3.84. The average Bonchev–Trinajstić information content (AvgIpc) is 2.14. The highest BCUT2D eigenvalue weighted by Gasteiger charge is 2.44. The maximum absolute atomic E-state index is 10.4. The van der Waals surface area contributed by atoms with Crippen LogP contribution in [0.1, 0.15) is 59.3 Å². The largest absolute Gasteiger partial charge is 0.389 e. The van der Waals surface area contributed by atoms with Crippen molar-refractivity contribution in [3.63, 3.8) is 0 Å². The first-order valence-corrected chi connectivity index (χ1v) is 7.36. The highest BCUT2D eigenvalue weighted by atomic mass is 16.3. The van der Waals surface area contributed by atoms with Crippen LogP contribution in [0, 0.1) is 11.3 Å². The Hall–Kier alpha value is -0.0800. The van der Waals surface area contributed by atoms with Gasteiger partial charge in [-0.05, 0) is 37.5 Å². The molecule has 2 fully saturated rings. The SMILES string of the molecule is CC(C)CC(C)(O)CN1CC2(CCCCC2)C1. The van der Waals surface area contributed by atoms with E-state index in [1.165, 1.54) is 45.2 Å². The number of nitrogens with zero attached hydrogens (tertiary/aromatic N) is 1. The fourth-order valence-corrected chi connectivity index (χ4v) is 4.06. The molecule has 0 aromatic heterocycles. The second kappa shape index (κ2) is 4.89. The highest BCUT2D eigenvalue weighted by Crippen LogP contribution is 2.44. The summed E-state index contributed by atoms with van der Waals surface area (Å²) in [6.07, 6.45) is 8.06. The Morgan fingerprint density at radius 3 is 2.29 bits per heavy atom. The van der Waals surface area contributed by atoms with Crippen LogP contribution >= 0.6 is 0 Å². The van der Waals surface area contributed by atoms with E-state index in [2.05, 4.69) is 18.7 Å². The number of β-amino-alcohol motifs (C(OH)–C–C–N with tert-alkyl or cyclic N) is 1. The van der Waals surface area contributed by atoms with Crippen molar-refractivity contribution in [2.75, 3.05) is 19.6 Å². The molecule has 1 spiro atoms. The quantitative estimate of drug-likeness (QED) is 0.815. The van der Waals surface area contributed by atoms with Crippen molar-refractivity contribution in [2.24, 2.45) is 11.3 Å². The van der Waals surface area contributed by atoms with E-state index < -0.39 is 5.60 Å². The third-order valence-electron chi connectivity index (χ3n) is 4.44. The Bertz CT molecular complexity index is 246. The zero-order valence-electron chi connectivity index (χ0n) is 11.8. The van der Waals surface area contributed by atoms with Crippen LogP contribution in [0.5, 0.6) is 0 Å². The van der Waals surface area contributed by atoms with Gasteiger partial charge < -0.3 is 5.11 Å². The van der Waals surface area contributed by atoms with E-state index in [9.17, 15) is 5.11 Å². The van der Waals surface area contributed by atoms with Crippen molar-refractivity contribution < 1.29 is 5.11 Å². The second-order valence-corrected chi connectivity index (χ2v) is 7.30. The lowest BCUT2D eigenvalue weighted by molar-refractivity contribution is -0.0811. The molecule has 0 aromatic carbocycles. The molecule has 2 rings (SSSR count). The Balaban J connectivity index is 1.76. The first kappa shape index (κ1) is 13.4. The van der Waals surface area contributed by atoms with E-state index in [4.69, 9.17) is 0 Å². The van der Waals surface area contributed by atoms with Gasteiger partial charge in [0.05, 0.1) is 5.60 Å².